The van der Waals surface area contributed by atoms with Crippen LogP contribution in [0.15, 0.2) is 39.9 Å². The first-order chi connectivity index (χ1) is 12.5. The van der Waals surface area contributed by atoms with E-state index in [9.17, 15) is 14.4 Å². The van der Waals surface area contributed by atoms with Crippen molar-refractivity contribution < 1.29 is 4.79 Å². The van der Waals surface area contributed by atoms with Crippen molar-refractivity contribution in [2.45, 2.75) is 6.42 Å². The number of benzene rings is 2. The van der Waals surface area contributed by atoms with Crippen molar-refractivity contribution >= 4 is 50.5 Å². The first kappa shape index (κ1) is 17.6. The summed E-state index contributed by atoms with van der Waals surface area (Å²) in [7, 11) is 0. The van der Waals surface area contributed by atoms with Gasteiger partial charge in [-0.2, -0.15) is 0 Å². The van der Waals surface area contributed by atoms with Gasteiger partial charge < -0.3 is 10.6 Å². The molecule has 0 unspecified atom stereocenters. The maximum Gasteiger partial charge on any atom is 0.270 e. The van der Waals surface area contributed by atoms with Gasteiger partial charge in [0, 0.05) is 24.0 Å². The first-order valence-corrected chi connectivity index (χ1v) is 8.12. The molecule has 0 radical (unpaired) electrons. The fraction of sp³-hybridized carbons (Fsp3) is 0.125. The molecule has 9 nitrogen and oxygen atoms in total. The molecule has 0 fully saturated rings. The number of H-pyrrole nitrogens is 2. The number of hydrazine groups is 1. The van der Waals surface area contributed by atoms with Crippen molar-refractivity contribution in [2.75, 3.05) is 11.9 Å². The predicted molar refractivity (Wildman–Crippen MR) is 104 cm³/mol. The second-order valence-corrected chi connectivity index (χ2v) is 5.94. The minimum absolute atomic E-state index is 0.177. The van der Waals surface area contributed by atoms with Crippen LogP contribution in [0.25, 0.3) is 21.5 Å². The van der Waals surface area contributed by atoms with Gasteiger partial charge in [-0.1, -0.05) is 12.1 Å². The molecule has 0 aliphatic heterocycles. The van der Waals surface area contributed by atoms with Gasteiger partial charge in [0.15, 0.2) is 5.11 Å². The zero-order valence-electron chi connectivity index (χ0n) is 13.5. The Kier molecular flexibility index (Phi) is 4.96. The van der Waals surface area contributed by atoms with Gasteiger partial charge in [-0.05, 0) is 35.8 Å². The van der Waals surface area contributed by atoms with E-state index in [1.807, 2.05) is 17.6 Å². The van der Waals surface area contributed by atoms with Gasteiger partial charge in [0.2, 0.25) is 5.91 Å². The van der Waals surface area contributed by atoms with Crippen LogP contribution in [-0.2, 0) is 4.79 Å². The molecule has 0 bridgehead atoms. The van der Waals surface area contributed by atoms with Gasteiger partial charge in [0.25, 0.3) is 11.1 Å². The molecule has 1 aromatic heterocycles. The van der Waals surface area contributed by atoms with Gasteiger partial charge in [0.05, 0.1) is 10.8 Å². The Balaban J connectivity index is 1.92. The van der Waals surface area contributed by atoms with E-state index in [1.54, 1.807) is 18.2 Å². The third-order valence-electron chi connectivity index (χ3n) is 3.84. The summed E-state index contributed by atoms with van der Waals surface area (Å²) in [6, 6.07) is 8.75. The Morgan fingerprint density at radius 3 is 2.46 bits per heavy atom. The molecule has 10 heteroatoms. The monoisotopic (exact) mass is 372 g/mol. The summed E-state index contributed by atoms with van der Waals surface area (Å²) in [5, 5.41) is 13.0. The molecule has 3 aromatic rings. The number of aromatic amines is 2. The predicted octanol–water partition coefficient (Wildman–Crippen LogP) is 0.0360. The van der Waals surface area contributed by atoms with Crippen molar-refractivity contribution in [1.82, 2.24) is 20.9 Å². The van der Waals surface area contributed by atoms with Crippen LogP contribution in [0, 0.1) is 0 Å². The molecule has 0 saturated heterocycles. The Labute approximate surface area is 151 Å². The number of carbonyl (C=O) groups excluding carboxylic acids is 1. The number of carbonyl (C=O) groups is 1. The van der Waals surface area contributed by atoms with Crippen molar-refractivity contribution in [3.8, 4) is 0 Å². The van der Waals surface area contributed by atoms with E-state index in [0.717, 1.165) is 10.8 Å². The molecule has 1 amide bonds. The number of thiocarbonyl (C=S) groups is 1. The molecule has 134 valence electrons. The van der Waals surface area contributed by atoms with Crippen molar-refractivity contribution in [1.29, 1.82) is 0 Å². The standard InChI is InChI=1S/C16H16N6O3S/c17-20-13(23)4-5-18-16(26)19-12-3-1-2-8-6-10-11(7-9(8)12)15(25)22-21-14(10)24/h1-3,6-7H,4-5,17H2,(H,20,23)(H,21,24)(H,22,25)(H2,18,19,26). The summed E-state index contributed by atoms with van der Waals surface area (Å²) < 4.78 is 0. The Bertz CT molecular complexity index is 1120. The average molecular weight is 372 g/mol. The maximum atomic E-state index is 12.0. The fourth-order valence-electron chi connectivity index (χ4n) is 2.59. The molecule has 2 aromatic carbocycles. The fourth-order valence-corrected chi connectivity index (χ4v) is 2.80. The lowest BCUT2D eigenvalue weighted by molar-refractivity contribution is -0.121. The zero-order chi connectivity index (χ0) is 18.7. The molecule has 0 aliphatic rings. The van der Waals surface area contributed by atoms with E-state index in [-0.39, 0.29) is 28.8 Å². The van der Waals surface area contributed by atoms with Crippen LogP contribution in [0.5, 0.6) is 0 Å². The Morgan fingerprint density at radius 2 is 1.77 bits per heavy atom. The van der Waals surface area contributed by atoms with Crippen LogP contribution in [0.2, 0.25) is 0 Å². The molecule has 26 heavy (non-hydrogen) atoms. The summed E-state index contributed by atoms with van der Waals surface area (Å²) in [6.07, 6.45) is 0.177. The van der Waals surface area contributed by atoms with Crippen LogP contribution in [0.4, 0.5) is 5.69 Å². The average Bonchev–Trinajstić information content (AvgIpc) is 2.64. The van der Waals surface area contributed by atoms with E-state index in [2.05, 4.69) is 20.8 Å². The normalized spacial score (nSPS) is 10.7. The minimum atomic E-state index is -0.384. The molecular formula is C16H16N6O3S. The molecule has 1 heterocycles. The number of hydrogen-bond acceptors (Lipinski definition) is 5. The van der Waals surface area contributed by atoms with E-state index in [1.165, 1.54) is 0 Å². The van der Waals surface area contributed by atoms with Gasteiger partial charge in [-0.3, -0.25) is 30.0 Å². The second kappa shape index (κ2) is 7.33. The van der Waals surface area contributed by atoms with E-state index < -0.39 is 0 Å². The SMILES string of the molecule is NNC(=O)CCNC(=S)Nc1cccc2cc3c(=O)[nH][nH]c(=O)c3cc12. The van der Waals surface area contributed by atoms with Crippen LogP contribution < -0.4 is 33.0 Å². The molecule has 0 spiro atoms. The number of nitrogens with one attached hydrogen (secondary N) is 5. The van der Waals surface area contributed by atoms with Crippen molar-refractivity contribution in [3.05, 3.63) is 51.0 Å². The topological polar surface area (TPSA) is 145 Å². The summed E-state index contributed by atoms with van der Waals surface area (Å²) in [5.41, 5.74) is 1.96. The number of aromatic nitrogens is 2. The van der Waals surface area contributed by atoms with Crippen LogP contribution in [0.3, 0.4) is 0 Å². The third-order valence-corrected chi connectivity index (χ3v) is 4.09. The van der Waals surface area contributed by atoms with Gasteiger partial charge in [-0.25, -0.2) is 5.84 Å². The highest BCUT2D eigenvalue weighted by Gasteiger charge is 2.09. The highest BCUT2D eigenvalue weighted by molar-refractivity contribution is 7.80. The lowest BCUT2D eigenvalue weighted by Gasteiger charge is -2.13. The maximum absolute atomic E-state index is 12.0. The van der Waals surface area contributed by atoms with Crippen molar-refractivity contribution in [2.24, 2.45) is 5.84 Å². The molecule has 3 rings (SSSR count). The lowest BCUT2D eigenvalue weighted by atomic mass is 10.0. The molecular weight excluding hydrogens is 356 g/mol. The van der Waals surface area contributed by atoms with Gasteiger partial charge in [0.1, 0.15) is 0 Å². The largest absolute Gasteiger partial charge is 0.362 e. The lowest BCUT2D eigenvalue weighted by Crippen LogP contribution is -2.35. The molecule has 0 aliphatic carbocycles. The zero-order valence-corrected chi connectivity index (χ0v) is 14.3. The molecule has 0 atom stereocenters. The van der Waals surface area contributed by atoms with Crippen LogP contribution >= 0.6 is 12.2 Å². The number of rotatable bonds is 4. The summed E-state index contributed by atoms with van der Waals surface area (Å²) in [6.45, 7) is 0.317. The number of hydrogen-bond donors (Lipinski definition) is 6. The smallest absolute Gasteiger partial charge is 0.270 e. The Hall–Kier alpha value is -3.24. The highest BCUT2D eigenvalue weighted by atomic mass is 32.1. The van der Waals surface area contributed by atoms with Gasteiger partial charge in [-0.15, -0.1) is 0 Å². The highest BCUT2D eigenvalue weighted by Crippen LogP contribution is 2.26. The van der Waals surface area contributed by atoms with Crippen molar-refractivity contribution in [3.63, 3.8) is 0 Å². The minimum Gasteiger partial charge on any atom is -0.362 e. The van der Waals surface area contributed by atoms with E-state index >= 15 is 0 Å². The van der Waals surface area contributed by atoms with E-state index in [0.29, 0.717) is 22.7 Å². The number of fused-ring (bicyclic) bond motifs is 2. The summed E-state index contributed by atoms with van der Waals surface area (Å²) in [4.78, 5) is 35.0. The number of amides is 1. The van der Waals surface area contributed by atoms with Crippen LogP contribution in [-0.4, -0.2) is 27.8 Å². The Morgan fingerprint density at radius 1 is 1.08 bits per heavy atom. The molecule has 7 N–H and O–H groups in total. The summed E-state index contributed by atoms with van der Waals surface area (Å²) >= 11 is 5.22. The van der Waals surface area contributed by atoms with Crippen LogP contribution in [0.1, 0.15) is 6.42 Å². The number of anilines is 1. The quantitative estimate of drug-likeness (QED) is 0.125. The van der Waals surface area contributed by atoms with Gasteiger partial charge >= 0.3 is 0 Å². The third kappa shape index (κ3) is 3.55. The molecule has 0 saturated carbocycles. The summed E-state index contributed by atoms with van der Waals surface area (Å²) in [5.74, 6) is 4.71. The van der Waals surface area contributed by atoms with E-state index in [4.69, 9.17) is 18.1 Å². The number of nitrogens with two attached hydrogens (primary N) is 1. The first-order valence-electron chi connectivity index (χ1n) is 7.71. The second-order valence-electron chi connectivity index (χ2n) is 5.53.